The van der Waals surface area contributed by atoms with Gasteiger partial charge in [0.15, 0.2) is 12.2 Å². The van der Waals surface area contributed by atoms with Crippen LogP contribution in [0.1, 0.15) is 40.0 Å². The molecule has 2 aliphatic rings. The minimum Gasteiger partial charge on any atom is -0.457 e. The summed E-state index contributed by atoms with van der Waals surface area (Å²) in [5.74, 6) is -3.25. The summed E-state index contributed by atoms with van der Waals surface area (Å²) in [5, 5.41) is 9.66. The van der Waals surface area contributed by atoms with Crippen LogP contribution in [0.3, 0.4) is 0 Å². The number of carbonyl (C=O) groups is 4. The second-order valence-electron chi connectivity index (χ2n) is 7.51. The van der Waals surface area contributed by atoms with Crippen LogP contribution in [0.5, 0.6) is 0 Å². The molecule has 2 unspecified atom stereocenters. The fraction of sp³-hybridized carbons (Fsp3) is 0.545. The standard InChI is InChI=1S/C22H28O8/c1-5-12(2)21(26)30-20-18-13(3)22(27)29-17(18)9-15(10-23)7-6-8-16(11-24)19(20)28-14(4)25/h8-9,11-12,17-20,23H,3,5-7,10H2,1-2,4H3/b15-9+,16-8-/t12?,17-,18+,19?,20+/m1/s1. The van der Waals surface area contributed by atoms with Gasteiger partial charge in [0.2, 0.25) is 0 Å². The zero-order chi connectivity index (χ0) is 22.4. The number of hydrogen-bond donors (Lipinski definition) is 1. The lowest BCUT2D eigenvalue weighted by atomic mass is 9.83. The molecule has 0 spiro atoms. The Morgan fingerprint density at radius 2 is 2.10 bits per heavy atom. The van der Waals surface area contributed by atoms with Crippen LogP contribution < -0.4 is 0 Å². The summed E-state index contributed by atoms with van der Waals surface area (Å²) >= 11 is 0. The third-order valence-electron chi connectivity index (χ3n) is 5.39. The van der Waals surface area contributed by atoms with E-state index in [9.17, 15) is 24.3 Å². The highest BCUT2D eigenvalue weighted by atomic mass is 16.6. The van der Waals surface area contributed by atoms with Crippen molar-refractivity contribution in [3.8, 4) is 0 Å². The Morgan fingerprint density at radius 1 is 1.40 bits per heavy atom. The van der Waals surface area contributed by atoms with Gasteiger partial charge >= 0.3 is 17.9 Å². The summed E-state index contributed by atoms with van der Waals surface area (Å²) in [6, 6.07) is 0. The van der Waals surface area contributed by atoms with Gasteiger partial charge in [-0.25, -0.2) is 4.79 Å². The first-order chi connectivity index (χ1) is 14.2. The van der Waals surface area contributed by atoms with E-state index in [2.05, 4.69) is 6.58 Å². The summed E-state index contributed by atoms with van der Waals surface area (Å²) < 4.78 is 16.5. The van der Waals surface area contributed by atoms with Gasteiger partial charge in [-0.3, -0.25) is 14.4 Å². The van der Waals surface area contributed by atoms with Crippen LogP contribution in [-0.4, -0.2) is 54.2 Å². The maximum atomic E-state index is 12.6. The molecular weight excluding hydrogens is 392 g/mol. The fourth-order valence-corrected chi connectivity index (χ4v) is 3.48. The van der Waals surface area contributed by atoms with Gasteiger partial charge in [0.1, 0.15) is 12.4 Å². The highest BCUT2D eigenvalue weighted by Crippen LogP contribution is 2.37. The molecule has 0 radical (unpaired) electrons. The van der Waals surface area contributed by atoms with Crippen molar-refractivity contribution >= 4 is 24.2 Å². The number of hydrogen-bond acceptors (Lipinski definition) is 8. The van der Waals surface area contributed by atoms with Gasteiger partial charge < -0.3 is 19.3 Å². The fourth-order valence-electron chi connectivity index (χ4n) is 3.48. The molecule has 1 saturated heterocycles. The topological polar surface area (TPSA) is 116 Å². The number of aliphatic hydroxyl groups is 1. The van der Waals surface area contributed by atoms with Crippen LogP contribution in [0, 0.1) is 11.8 Å². The van der Waals surface area contributed by atoms with Crippen LogP contribution >= 0.6 is 0 Å². The normalized spacial score (nSPS) is 31.2. The van der Waals surface area contributed by atoms with Gasteiger partial charge in [-0.05, 0) is 30.9 Å². The lowest BCUT2D eigenvalue weighted by molar-refractivity contribution is -0.171. The van der Waals surface area contributed by atoms with Crippen LogP contribution in [0.25, 0.3) is 0 Å². The van der Waals surface area contributed by atoms with Crippen molar-refractivity contribution in [2.45, 2.75) is 58.3 Å². The monoisotopic (exact) mass is 420 g/mol. The Bertz CT molecular complexity index is 778. The molecule has 1 heterocycles. The van der Waals surface area contributed by atoms with E-state index in [0.717, 1.165) is 0 Å². The first-order valence-electron chi connectivity index (χ1n) is 9.96. The average molecular weight is 420 g/mol. The molecule has 164 valence electrons. The Kier molecular flexibility index (Phi) is 8.11. The largest absolute Gasteiger partial charge is 0.457 e. The van der Waals surface area contributed by atoms with Crippen molar-refractivity contribution in [2.75, 3.05) is 6.61 Å². The number of esters is 3. The third-order valence-corrected chi connectivity index (χ3v) is 5.39. The van der Waals surface area contributed by atoms with Crippen molar-refractivity contribution in [3.63, 3.8) is 0 Å². The lowest BCUT2D eigenvalue weighted by Crippen LogP contribution is -2.45. The minimum atomic E-state index is -1.23. The summed E-state index contributed by atoms with van der Waals surface area (Å²) in [7, 11) is 0. The van der Waals surface area contributed by atoms with Crippen molar-refractivity contribution in [3.05, 3.63) is 35.5 Å². The second-order valence-corrected chi connectivity index (χ2v) is 7.51. The van der Waals surface area contributed by atoms with E-state index in [1.165, 1.54) is 6.92 Å². The van der Waals surface area contributed by atoms with E-state index in [4.69, 9.17) is 14.2 Å². The van der Waals surface area contributed by atoms with Gasteiger partial charge in [0, 0.05) is 18.1 Å². The van der Waals surface area contributed by atoms with Crippen LogP contribution in [-0.2, 0) is 33.4 Å². The van der Waals surface area contributed by atoms with Crippen molar-refractivity contribution in [1.29, 1.82) is 0 Å². The van der Waals surface area contributed by atoms with E-state index < -0.39 is 48.1 Å². The molecule has 2 rings (SSSR count). The Labute approximate surface area is 175 Å². The molecule has 0 bridgehead atoms. The zero-order valence-corrected chi connectivity index (χ0v) is 17.5. The SMILES string of the molecule is C=C1C(=O)O[C@@H]2/C=C(/CO)CC/C=C(/C=O)C(OC(C)=O)[C@@H](OC(=O)C(C)CC)[C@@H]12. The van der Waals surface area contributed by atoms with E-state index in [-0.39, 0.29) is 17.8 Å². The van der Waals surface area contributed by atoms with Gasteiger partial charge in [-0.1, -0.05) is 26.5 Å². The molecule has 0 amide bonds. The highest BCUT2D eigenvalue weighted by Gasteiger charge is 2.49. The number of ether oxygens (including phenoxy) is 3. The molecule has 8 nitrogen and oxygen atoms in total. The molecule has 1 aliphatic carbocycles. The first-order valence-corrected chi connectivity index (χ1v) is 9.96. The Morgan fingerprint density at radius 3 is 2.67 bits per heavy atom. The predicted molar refractivity (Wildman–Crippen MR) is 106 cm³/mol. The molecule has 5 atom stereocenters. The number of rotatable bonds is 6. The molecule has 8 heteroatoms. The molecule has 0 saturated carbocycles. The highest BCUT2D eigenvalue weighted by molar-refractivity contribution is 5.91. The summed E-state index contributed by atoms with van der Waals surface area (Å²) in [6.45, 7) is 8.20. The van der Waals surface area contributed by atoms with Crippen molar-refractivity contribution < 1.29 is 38.5 Å². The second kappa shape index (κ2) is 10.3. The van der Waals surface area contributed by atoms with Gasteiger partial charge in [0.05, 0.1) is 18.4 Å². The number of fused-ring (bicyclic) bond motifs is 1. The molecule has 1 N–H and O–H groups in total. The maximum Gasteiger partial charge on any atom is 0.334 e. The minimum absolute atomic E-state index is 0.0402. The summed E-state index contributed by atoms with van der Waals surface area (Å²) in [5.41, 5.74) is 0.752. The number of carbonyl (C=O) groups excluding carboxylic acids is 4. The molecule has 0 aromatic rings. The molecule has 0 aromatic heterocycles. The third kappa shape index (κ3) is 5.24. The van der Waals surface area contributed by atoms with Gasteiger partial charge in [0.25, 0.3) is 0 Å². The molecule has 1 fully saturated rings. The summed E-state index contributed by atoms with van der Waals surface area (Å²) in [6.07, 6.45) is 1.70. The smallest absolute Gasteiger partial charge is 0.334 e. The maximum absolute atomic E-state index is 12.6. The van der Waals surface area contributed by atoms with Gasteiger partial charge in [-0.15, -0.1) is 0 Å². The van der Waals surface area contributed by atoms with E-state index in [1.807, 2.05) is 6.92 Å². The van der Waals surface area contributed by atoms with E-state index in [0.29, 0.717) is 31.1 Å². The van der Waals surface area contributed by atoms with Crippen LogP contribution in [0.15, 0.2) is 35.5 Å². The first kappa shape index (κ1) is 23.5. The average Bonchev–Trinajstić information content (AvgIpc) is 2.99. The van der Waals surface area contributed by atoms with Gasteiger partial charge in [-0.2, -0.15) is 0 Å². The van der Waals surface area contributed by atoms with Crippen molar-refractivity contribution in [1.82, 2.24) is 0 Å². The molecule has 0 aromatic carbocycles. The molecule has 30 heavy (non-hydrogen) atoms. The van der Waals surface area contributed by atoms with Crippen LogP contribution in [0.2, 0.25) is 0 Å². The number of aldehydes is 1. The molecule has 1 aliphatic heterocycles. The number of allylic oxidation sites excluding steroid dienone is 1. The van der Waals surface area contributed by atoms with Crippen molar-refractivity contribution in [2.24, 2.45) is 11.8 Å². The van der Waals surface area contributed by atoms with E-state index in [1.54, 1.807) is 19.1 Å². The molecular formula is C22H28O8. The van der Waals surface area contributed by atoms with Crippen LogP contribution in [0.4, 0.5) is 0 Å². The predicted octanol–water partition coefficient (Wildman–Crippen LogP) is 1.81. The zero-order valence-electron chi connectivity index (χ0n) is 17.5. The quantitative estimate of drug-likeness (QED) is 0.227. The van der Waals surface area contributed by atoms with E-state index >= 15 is 0 Å². The number of aliphatic hydroxyl groups excluding tert-OH is 1. The Balaban J connectivity index is 2.63. The lowest BCUT2D eigenvalue weighted by Gasteiger charge is -2.33. The summed E-state index contributed by atoms with van der Waals surface area (Å²) in [4.78, 5) is 48.6. The Hall–Kier alpha value is -2.74.